The normalized spacial score (nSPS) is 12.6. The number of carbonyl (C=O) groups excluding carboxylic acids is 1. The number of alkyl halides is 1. The highest BCUT2D eigenvalue weighted by atomic mass is 35.5. The van der Waals surface area contributed by atoms with Crippen LogP contribution in [-0.2, 0) is 23.1 Å². The maximum absolute atomic E-state index is 11.9. The molecule has 116 valence electrons. The van der Waals surface area contributed by atoms with Crippen molar-refractivity contribution in [2.75, 3.05) is 14.2 Å². The van der Waals surface area contributed by atoms with Crippen LogP contribution in [0.3, 0.4) is 0 Å². The molecule has 1 aromatic rings. The Hall–Kier alpha value is -1.04. The Labute approximate surface area is 132 Å². The van der Waals surface area contributed by atoms with Crippen molar-refractivity contribution in [3.05, 3.63) is 41.4 Å². The quantitative estimate of drug-likeness (QED) is 0.321. The van der Waals surface area contributed by atoms with Crippen molar-refractivity contribution >= 4 is 36.8 Å². The molecule has 0 heterocycles. The molecule has 0 aliphatic heterocycles. The van der Waals surface area contributed by atoms with Crippen LogP contribution in [0.5, 0.6) is 5.75 Å². The largest absolute Gasteiger partial charge is 0.463 e. The molecule has 0 N–H and O–H groups in total. The van der Waals surface area contributed by atoms with Gasteiger partial charge >= 0.3 is 13.6 Å². The van der Waals surface area contributed by atoms with Gasteiger partial charge < -0.3 is 18.5 Å². The maximum Gasteiger partial charge on any atom is 0.395 e. The summed E-state index contributed by atoms with van der Waals surface area (Å²) in [5.41, 5.74) is -1.95. The topological polar surface area (TPSA) is 71.1 Å². The van der Waals surface area contributed by atoms with Gasteiger partial charge in [0, 0.05) is 19.2 Å². The Morgan fingerprint density at radius 1 is 1.24 bits per heavy atom. The lowest BCUT2D eigenvalue weighted by Gasteiger charge is -2.17. The predicted octanol–water partition coefficient (Wildman–Crippen LogP) is 3.78. The first-order valence-corrected chi connectivity index (χ1v) is 7.87. The second-order valence-corrected chi connectivity index (χ2v) is 6.62. The third-order valence-corrected chi connectivity index (χ3v) is 4.43. The molecule has 1 aromatic carbocycles. The Balaban J connectivity index is 2.65. The molecule has 9 heteroatoms. The summed E-state index contributed by atoms with van der Waals surface area (Å²) in [7, 11) is -1.46. The fraction of sp³-hybridized carbons (Fsp3) is 0.250. The molecule has 0 spiro atoms. The first kappa shape index (κ1) is 18.0. The van der Waals surface area contributed by atoms with Gasteiger partial charge in [-0.05, 0) is 30.8 Å². The number of hydrogen-bond acceptors (Lipinski definition) is 6. The van der Waals surface area contributed by atoms with Crippen LogP contribution in [0.4, 0.5) is 0 Å². The molecule has 0 bridgehead atoms. The van der Waals surface area contributed by atoms with Gasteiger partial charge in [0.05, 0.1) is 0 Å². The Morgan fingerprint density at radius 2 is 1.76 bits per heavy atom. The zero-order valence-electron chi connectivity index (χ0n) is 11.2. The number of hydrogen-bond donors (Lipinski definition) is 0. The Kier molecular flexibility index (Phi) is 6.71. The lowest BCUT2D eigenvalue weighted by atomic mass is 10.3. The molecule has 6 nitrogen and oxygen atoms in total. The molecule has 0 aliphatic rings. The summed E-state index contributed by atoms with van der Waals surface area (Å²) >= 11 is 11.5. The number of benzene rings is 1. The van der Waals surface area contributed by atoms with E-state index in [1.165, 1.54) is 12.1 Å². The summed E-state index contributed by atoms with van der Waals surface area (Å²) in [6.45, 7) is 3.32. The highest BCUT2D eigenvalue weighted by molar-refractivity contribution is 7.58. The smallest absolute Gasteiger partial charge is 0.395 e. The molecule has 0 amide bonds. The molecule has 1 unspecified atom stereocenters. The summed E-state index contributed by atoms with van der Waals surface area (Å²) in [6.07, 6.45) is 0. The summed E-state index contributed by atoms with van der Waals surface area (Å²) in [5, 5.41) is 0.505. The van der Waals surface area contributed by atoms with Crippen molar-refractivity contribution in [1.29, 1.82) is 0 Å². The van der Waals surface area contributed by atoms with E-state index in [0.717, 1.165) is 14.2 Å². The maximum atomic E-state index is 11.9. The molecule has 0 aromatic heterocycles. The minimum atomic E-state index is -3.72. The number of carbonyl (C=O) groups is 1. The average Bonchev–Trinajstić information content (AvgIpc) is 2.48. The molecule has 0 radical (unpaired) electrons. The van der Waals surface area contributed by atoms with Crippen LogP contribution in [0, 0.1) is 0 Å². The van der Waals surface area contributed by atoms with Gasteiger partial charge in [-0.1, -0.05) is 23.2 Å². The van der Waals surface area contributed by atoms with Gasteiger partial charge in [0.1, 0.15) is 5.75 Å². The summed E-state index contributed by atoms with van der Waals surface area (Å²) in [4.78, 5) is 11.7. The first-order valence-electron chi connectivity index (χ1n) is 5.51. The van der Waals surface area contributed by atoms with Crippen LogP contribution in [0.2, 0.25) is 5.02 Å². The van der Waals surface area contributed by atoms with Gasteiger partial charge in [-0.15, -0.1) is 0 Å². The van der Waals surface area contributed by atoms with Crippen LogP contribution in [-0.4, -0.2) is 25.8 Å². The third-order valence-electron chi connectivity index (χ3n) is 2.24. The molecule has 0 saturated carbocycles. The van der Waals surface area contributed by atoms with E-state index >= 15 is 0 Å². The minimum Gasteiger partial charge on any atom is -0.463 e. The number of ether oxygens (including phenoxy) is 2. The van der Waals surface area contributed by atoms with Crippen molar-refractivity contribution in [3.63, 3.8) is 0 Å². The average molecular weight is 355 g/mol. The second kappa shape index (κ2) is 7.82. The van der Waals surface area contributed by atoms with E-state index in [1.807, 2.05) is 0 Å². The number of halogens is 2. The van der Waals surface area contributed by atoms with Gasteiger partial charge in [0.2, 0.25) is 5.50 Å². The molecule has 1 rings (SSSR count). The first-order chi connectivity index (χ1) is 9.82. The lowest BCUT2D eigenvalue weighted by molar-refractivity contribution is -0.143. The minimum absolute atomic E-state index is 0.309. The van der Waals surface area contributed by atoms with Gasteiger partial charge in [-0.25, -0.2) is 4.79 Å². The molecule has 21 heavy (non-hydrogen) atoms. The number of esters is 1. The second-order valence-electron chi connectivity index (χ2n) is 3.57. The Morgan fingerprint density at radius 3 is 2.24 bits per heavy atom. The molecule has 0 aliphatic carbocycles. The highest BCUT2D eigenvalue weighted by Gasteiger charge is 2.32. The summed E-state index contributed by atoms with van der Waals surface area (Å²) in [6, 6.07) is 6.17. The molecule has 1 atom stereocenters. The van der Waals surface area contributed by atoms with E-state index in [9.17, 15) is 9.36 Å². The summed E-state index contributed by atoms with van der Waals surface area (Å²) < 4.78 is 31.0. The van der Waals surface area contributed by atoms with Crippen LogP contribution in [0.25, 0.3) is 0 Å². The monoisotopic (exact) mass is 354 g/mol. The molecular weight excluding hydrogens is 342 g/mol. The fourth-order valence-corrected chi connectivity index (χ4v) is 2.21. The van der Waals surface area contributed by atoms with E-state index in [0.29, 0.717) is 10.8 Å². The van der Waals surface area contributed by atoms with E-state index in [1.54, 1.807) is 12.1 Å². The third kappa shape index (κ3) is 5.02. The van der Waals surface area contributed by atoms with Crippen molar-refractivity contribution in [2.24, 2.45) is 0 Å². The van der Waals surface area contributed by atoms with Crippen LogP contribution < -0.4 is 4.74 Å². The SMILES string of the molecule is C=C(OC(=O)C(Cl)Oc1ccc(Cl)cc1)P(=O)(OC)OC. The van der Waals surface area contributed by atoms with E-state index in [2.05, 4.69) is 15.6 Å². The van der Waals surface area contributed by atoms with Gasteiger partial charge in [0.15, 0.2) is 0 Å². The Bertz CT molecular complexity index is 551. The zero-order valence-corrected chi connectivity index (χ0v) is 13.7. The van der Waals surface area contributed by atoms with Gasteiger partial charge in [0.25, 0.3) is 5.56 Å². The van der Waals surface area contributed by atoms with E-state index in [-0.39, 0.29) is 0 Å². The van der Waals surface area contributed by atoms with E-state index < -0.39 is 24.6 Å². The standard InChI is InChI=1S/C12H13Cl2O6P/c1-8(21(16,17-2)18-3)19-12(15)11(14)20-10-6-4-9(13)5-7-10/h4-7,11H,1H2,2-3H3. The fourth-order valence-electron chi connectivity index (χ4n) is 1.18. The summed E-state index contributed by atoms with van der Waals surface area (Å²) in [5.74, 6) is -0.699. The lowest BCUT2D eigenvalue weighted by Crippen LogP contribution is -2.23. The predicted molar refractivity (Wildman–Crippen MR) is 78.6 cm³/mol. The van der Waals surface area contributed by atoms with Gasteiger partial charge in [-0.3, -0.25) is 4.57 Å². The van der Waals surface area contributed by atoms with Crippen molar-refractivity contribution in [1.82, 2.24) is 0 Å². The van der Waals surface area contributed by atoms with Gasteiger partial charge in [-0.2, -0.15) is 0 Å². The van der Waals surface area contributed by atoms with Crippen molar-refractivity contribution in [2.45, 2.75) is 5.56 Å². The highest BCUT2D eigenvalue weighted by Crippen LogP contribution is 2.54. The number of rotatable bonds is 7. The molecular formula is C12H13Cl2O6P. The van der Waals surface area contributed by atoms with Crippen molar-refractivity contribution < 1.29 is 27.9 Å². The van der Waals surface area contributed by atoms with Crippen LogP contribution in [0.1, 0.15) is 0 Å². The molecule has 0 fully saturated rings. The van der Waals surface area contributed by atoms with Crippen molar-refractivity contribution in [3.8, 4) is 5.75 Å². The zero-order chi connectivity index (χ0) is 16.0. The van der Waals surface area contributed by atoms with Crippen LogP contribution >= 0.6 is 30.8 Å². The molecule has 0 saturated heterocycles. The van der Waals surface area contributed by atoms with E-state index in [4.69, 9.17) is 32.7 Å². The van der Waals surface area contributed by atoms with Crippen LogP contribution in [0.15, 0.2) is 36.3 Å².